The van der Waals surface area contributed by atoms with Gasteiger partial charge in [0, 0.05) is 24.2 Å². The van der Waals surface area contributed by atoms with E-state index < -0.39 is 22.1 Å². The highest BCUT2D eigenvalue weighted by atomic mass is 16.6. The fourth-order valence-corrected chi connectivity index (χ4v) is 2.64. The fourth-order valence-electron chi connectivity index (χ4n) is 2.64. The highest BCUT2D eigenvalue weighted by Gasteiger charge is 2.25. The number of carbonyl (C=O) groups excluding carboxylic acids is 1. The van der Waals surface area contributed by atoms with E-state index in [0.717, 1.165) is 4.57 Å². The van der Waals surface area contributed by atoms with E-state index in [1.165, 1.54) is 31.2 Å². The van der Waals surface area contributed by atoms with Crippen LogP contribution < -0.4 is 5.56 Å². The zero-order valence-electron chi connectivity index (χ0n) is 14.5. The number of nitrogens with zero attached hydrogens (tertiary/aromatic N) is 3. The van der Waals surface area contributed by atoms with E-state index in [0.29, 0.717) is 0 Å². The van der Waals surface area contributed by atoms with Crippen LogP contribution in [-0.2, 0) is 6.54 Å². The fraction of sp³-hybridized carbons (Fsp3) is 0.278. The van der Waals surface area contributed by atoms with Gasteiger partial charge in [0.15, 0.2) is 5.78 Å². The van der Waals surface area contributed by atoms with Crippen molar-refractivity contribution < 1.29 is 14.8 Å². The normalized spacial score (nSPS) is 10.6. The van der Waals surface area contributed by atoms with Crippen molar-refractivity contribution >= 4 is 11.5 Å². The lowest BCUT2D eigenvalue weighted by atomic mass is 9.97. The zero-order valence-corrected chi connectivity index (χ0v) is 14.5. The molecule has 2 aromatic rings. The second-order valence-electron chi connectivity index (χ2n) is 6.25. The van der Waals surface area contributed by atoms with Gasteiger partial charge in [0.2, 0.25) is 5.88 Å². The summed E-state index contributed by atoms with van der Waals surface area (Å²) in [6.07, 6.45) is 0. The second-order valence-corrected chi connectivity index (χ2v) is 6.25. The van der Waals surface area contributed by atoms with Gasteiger partial charge in [-0.3, -0.25) is 24.3 Å². The lowest BCUT2D eigenvalue weighted by Gasteiger charge is -2.16. The van der Waals surface area contributed by atoms with Crippen molar-refractivity contribution in [2.75, 3.05) is 0 Å². The molecule has 0 amide bonds. The van der Waals surface area contributed by atoms with Crippen molar-refractivity contribution in [3.8, 4) is 11.9 Å². The summed E-state index contributed by atoms with van der Waals surface area (Å²) in [5.41, 5.74) is -1.02. The first-order chi connectivity index (χ1) is 12.2. The highest BCUT2D eigenvalue weighted by Crippen LogP contribution is 2.26. The van der Waals surface area contributed by atoms with Crippen LogP contribution in [0.25, 0.3) is 0 Å². The minimum absolute atomic E-state index is 0.00447. The maximum Gasteiger partial charge on any atom is 0.271 e. The molecule has 0 aliphatic carbocycles. The molecule has 134 valence electrons. The molecule has 0 saturated heterocycles. The molecule has 0 aliphatic rings. The quantitative estimate of drug-likeness (QED) is 0.499. The van der Waals surface area contributed by atoms with Crippen LogP contribution in [0.5, 0.6) is 5.88 Å². The van der Waals surface area contributed by atoms with Gasteiger partial charge in [-0.15, -0.1) is 0 Å². The first-order valence-corrected chi connectivity index (χ1v) is 7.84. The summed E-state index contributed by atoms with van der Waals surface area (Å²) in [5.74, 6) is -1.14. The molecule has 1 aromatic carbocycles. The van der Waals surface area contributed by atoms with Gasteiger partial charge >= 0.3 is 0 Å². The molecule has 8 heteroatoms. The molecule has 26 heavy (non-hydrogen) atoms. The summed E-state index contributed by atoms with van der Waals surface area (Å²) in [5, 5.41) is 30.5. The topological polar surface area (TPSA) is 126 Å². The molecule has 0 bridgehead atoms. The average Bonchev–Trinajstić information content (AvgIpc) is 2.59. The smallest absolute Gasteiger partial charge is 0.271 e. The van der Waals surface area contributed by atoms with E-state index in [1.807, 2.05) is 13.8 Å². The predicted molar refractivity (Wildman–Crippen MR) is 93.2 cm³/mol. The SMILES string of the molecule is Cc1c(C(=O)c2ccc([N+](=O)[O-])cc2)c(O)n(CC(C)C)c(=O)c1C#N. The Labute approximate surface area is 149 Å². The third kappa shape index (κ3) is 3.32. The number of nitriles is 1. The van der Waals surface area contributed by atoms with Gasteiger partial charge < -0.3 is 5.11 Å². The molecule has 0 atom stereocenters. The first-order valence-electron chi connectivity index (χ1n) is 7.84. The molecule has 2 rings (SSSR count). The Bertz CT molecular complexity index is 982. The molecule has 0 aliphatic heterocycles. The lowest BCUT2D eigenvalue weighted by molar-refractivity contribution is -0.384. The van der Waals surface area contributed by atoms with E-state index in [4.69, 9.17) is 0 Å². The number of non-ortho nitro benzene ring substituents is 1. The highest BCUT2D eigenvalue weighted by molar-refractivity contribution is 6.11. The van der Waals surface area contributed by atoms with E-state index in [2.05, 4.69) is 0 Å². The van der Waals surface area contributed by atoms with Crippen molar-refractivity contribution in [1.82, 2.24) is 4.57 Å². The van der Waals surface area contributed by atoms with Crippen molar-refractivity contribution in [3.05, 3.63) is 67.0 Å². The first kappa shape index (κ1) is 18.9. The minimum Gasteiger partial charge on any atom is -0.494 e. The number of ketones is 1. The Hall–Kier alpha value is -3.47. The monoisotopic (exact) mass is 355 g/mol. The zero-order chi connectivity index (χ0) is 19.6. The van der Waals surface area contributed by atoms with Crippen LogP contribution in [0.15, 0.2) is 29.1 Å². The number of carbonyl (C=O) groups is 1. The van der Waals surface area contributed by atoms with E-state index in [1.54, 1.807) is 6.07 Å². The molecule has 0 radical (unpaired) electrons. The average molecular weight is 355 g/mol. The number of aromatic nitrogens is 1. The van der Waals surface area contributed by atoms with Crippen LogP contribution in [0.2, 0.25) is 0 Å². The van der Waals surface area contributed by atoms with E-state index in [9.17, 15) is 30.1 Å². The van der Waals surface area contributed by atoms with Gasteiger partial charge in [-0.05, 0) is 30.5 Å². The number of nitro benzene ring substituents is 1. The Kier molecular flexibility index (Phi) is 5.22. The van der Waals surface area contributed by atoms with Crippen LogP contribution in [0.3, 0.4) is 0 Å². The minimum atomic E-state index is -0.656. The van der Waals surface area contributed by atoms with E-state index in [-0.39, 0.29) is 40.4 Å². The molecular weight excluding hydrogens is 338 g/mol. The standard InChI is InChI=1S/C18H17N3O5/c1-10(2)9-20-17(23)14(8-19)11(3)15(18(20)24)16(22)12-4-6-13(7-5-12)21(25)26/h4-7,10,24H,9H2,1-3H3. The largest absolute Gasteiger partial charge is 0.494 e. The van der Waals surface area contributed by atoms with Crippen LogP contribution in [-0.4, -0.2) is 20.4 Å². The molecule has 0 saturated carbocycles. The number of rotatable bonds is 5. The third-order valence-electron chi connectivity index (χ3n) is 3.92. The second kappa shape index (κ2) is 7.19. The Morgan fingerprint density at radius 2 is 1.92 bits per heavy atom. The third-order valence-corrected chi connectivity index (χ3v) is 3.92. The van der Waals surface area contributed by atoms with Crippen LogP contribution in [0, 0.1) is 34.3 Å². The molecular formula is C18H17N3O5. The maximum atomic E-state index is 12.8. The molecule has 0 spiro atoms. The number of pyridine rings is 1. The number of aromatic hydroxyl groups is 1. The molecule has 0 fully saturated rings. The summed E-state index contributed by atoms with van der Waals surface area (Å²) in [4.78, 5) is 35.4. The van der Waals surface area contributed by atoms with Crippen molar-refractivity contribution in [2.24, 2.45) is 5.92 Å². The van der Waals surface area contributed by atoms with Gasteiger partial charge in [0.1, 0.15) is 11.6 Å². The molecule has 1 N–H and O–H groups in total. The number of nitro groups is 1. The summed E-state index contributed by atoms with van der Waals surface area (Å²) in [6, 6.07) is 6.67. The summed E-state index contributed by atoms with van der Waals surface area (Å²) < 4.78 is 1.01. The predicted octanol–water partition coefficient (Wildman–Crippen LogP) is 2.53. The Morgan fingerprint density at radius 3 is 2.38 bits per heavy atom. The van der Waals surface area contributed by atoms with Gasteiger partial charge in [0.05, 0.1) is 10.5 Å². The number of benzene rings is 1. The van der Waals surface area contributed by atoms with Crippen molar-refractivity contribution in [1.29, 1.82) is 5.26 Å². The molecule has 1 aromatic heterocycles. The van der Waals surface area contributed by atoms with Crippen LogP contribution >= 0.6 is 0 Å². The van der Waals surface area contributed by atoms with Crippen LogP contribution in [0.1, 0.15) is 40.9 Å². The Morgan fingerprint density at radius 1 is 1.35 bits per heavy atom. The van der Waals surface area contributed by atoms with Crippen molar-refractivity contribution in [3.63, 3.8) is 0 Å². The van der Waals surface area contributed by atoms with Gasteiger partial charge in [-0.25, -0.2) is 0 Å². The number of hydrogen-bond donors (Lipinski definition) is 1. The summed E-state index contributed by atoms with van der Waals surface area (Å²) >= 11 is 0. The van der Waals surface area contributed by atoms with Crippen LogP contribution in [0.4, 0.5) is 5.69 Å². The summed E-state index contributed by atoms with van der Waals surface area (Å²) in [6.45, 7) is 5.21. The van der Waals surface area contributed by atoms with Gasteiger partial charge in [-0.2, -0.15) is 5.26 Å². The lowest BCUT2D eigenvalue weighted by Crippen LogP contribution is -2.28. The van der Waals surface area contributed by atoms with Gasteiger partial charge in [0.25, 0.3) is 11.2 Å². The molecule has 0 unspecified atom stereocenters. The van der Waals surface area contributed by atoms with E-state index >= 15 is 0 Å². The van der Waals surface area contributed by atoms with Gasteiger partial charge in [-0.1, -0.05) is 13.8 Å². The Balaban J connectivity index is 2.68. The summed E-state index contributed by atoms with van der Waals surface area (Å²) in [7, 11) is 0. The van der Waals surface area contributed by atoms with Crippen molar-refractivity contribution in [2.45, 2.75) is 27.3 Å². The molecule has 1 heterocycles. The molecule has 8 nitrogen and oxygen atoms in total. The number of hydrogen-bond acceptors (Lipinski definition) is 6. The maximum absolute atomic E-state index is 12.8.